The molecule has 1 heterocycles. The summed E-state index contributed by atoms with van der Waals surface area (Å²) >= 11 is 0. The number of hydrogen-bond donors (Lipinski definition) is 1. The molecule has 0 radical (unpaired) electrons. The zero-order valence-corrected chi connectivity index (χ0v) is 11.3. The highest BCUT2D eigenvalue weighted by molar-refractivity contribution is 6.03. The van der Waals surface area contributed by atoms with Crippen molar-refractivity contribution in [3.63, 3.8) is 0 Å². The van der Waals surface area contributed by atoms with Crippen LogP contribution in [0.3, 0.4) is 0 Å². The SMILES string of the molecule is N/N=C(/Cc1ccnc2ccccc12)c1cccc(F)c1. The van der Waals surface area contributed by atoms with Gasteiger partial charge in [0.25, 0.3) is 0 Å². The maximum atomic E-state index is 13.3. The standard InChI is InChI=1S/C17H14FN3/c18-14-5-3-4-13(10-14)17(21-19)11-12-8-9-20-16-7-2-1-6-15(12)16/h1-10H,11,19H2/b21-17-. The fraction of sp³-hybridized carbons (Fsp3) is 0.0588. The number of rotatable bonds is 3. The van der Waals surface area contributed by atoms with Gasteiger partial charge in [-0.25, -0.2) is 4.39 Å². The Bertz CT molecular complexity index is 806. The molecule has 0 amide bonds. The molecule has 0 fully saturated rings. The van der Waals surface area contributed by atoms with E-state index in [0.717, 1.165) is 16.5 Å². The Hall–Kier alpha value is -2.75. The van der Waals surface area contributed by atoms with Crippen LogP contribution in [0.2, 0.25) is 0 Å². The van der Waals surface area contributed by atoms with Crippen molar-refractivity contribution in [3.05, 3.63) is 77.7 Å². The number of benzene rings is 2. The van der Waals surface area contributed by atoms with Crippen molar-refractivity contribution >= 4 is 16.6 Å². The molecule has 0 saturated carbocycles. The second-order valence-corrected chi connectivity index (χ2v) is 4.75. The summed E-state index contributed by atoms with van der Waals surface area (Å²) in [6.45, 7) is 0. The Morgan fingerprint density at radius 1 is 1.10 bits per heavy atom. The number of hydrogen-bond acceptors (Lipinski definition) is 3. The first-order chi connectivity index (χ1) is 10.3. The van der Waals surface area contributed by atoms with Gasteiger partial charge in [-0.3, -0.25) is 4.98 Å². The van der Waals surface area contributed by atoms with Gasteiger partial charge >= 0.3 is 0 Å². The molecule has 3 aromatic rings. The van der Waals surface area contributed by atoms with Crippen LogP contribution in [0.4, 0.5) is 4.39 Å². The van der Waals surface area contributed by atoms with Gasteiger partial charge in [0.15, 0.2) is 0 Å². The van der Waals surface area contributed by atoms with E-state index in [0.29, 0.717) is 17.7 Å². The lowest BCUT2D eigenvalue weighted by Gasteiger charge is -2.08. The van der Waals surface area contributed by atoms with Gasteiger partial charge in [0.1, 0.15) is 5.82 Å². The molecule has 2 N–H and O–H groups in total. The zero-order valence-electron chi connectivity index (χ0n) is 11.3. The fourth-order valence-electron chi connectivity index (χ4n) is 2.38. The smallest absolute Gasteiger partial charge is 0.123 e. The molecule has 4 heteroatoms. The predicted molar refractivity (Wildman–Crippen MR) is 82.6 cm³/mol. The molecule has 0 unspecified atom stereocenters. The quantitative estimate of drug-likeness (QED) is 0.454. The van der Waals surface area contributed by atoms with E-state index in [9.17, 15) is 4.39 Å². The molecule has 2 aromatic carbocycles. The van der Waals surface area contributed by atoms with Gasteiger partial charge in [-0.15, -0.1) is 0 Å². The third kappa shape index (κ3) is 2.74. The Labute approximate surface area is 121 Å². The molecule has 0 aliphatic rings. The molecule has 21 heavy (non-hydrogen) atoms. The molecule has 0 bridgehead atoms. The summed E-state index contributed by atoms with van der Waals surface area (Å²) in [5, 5.41) is 4.88. The minimum absolute atomic E-state index is 0.298. The van der Waals surface area contributed by atoms with Crippen LogP contribution in [0.25, 0.3) is 10.9 Å². The first-order valence-electron chi connectivity index (χ1n) is 6.63. The number of nitrogens with zero attached hydrogens (tertiary/aromatic N) is 2. The number of nitrogens with two attached hydrogens (primary N) is 1. The van der Waals surface area contributed by atoms with E-state index < -0.39 is 0 Å². The van der Waals surface area contributed by atoms with Crippen LogP contribution in [0.15, 0.2) is 65.9 Å². The monoisotopic (exact) mass is 279 g/mol. The molecule has 0 atom stereocenters. The highest BCUT2D eigenvalue weighted by Crippen LogP contribution is 2.18. The zero-order chi connectivity index (χ0) is 14.7. The third-order valence-corrected chi connectivity index (χ3v) is 3.41. The summed E-state index contributed by atoms with van der Waals surface area (Å²) in [6, 6.07) is 16.1. The van der Waals surface area contributed by atoms with Gasteiger partial charge < -0.3 is 5.84 Å². The third-order valence-electron chi connectivity index (χ3n) is 3.41. The van der Waals surface area contributed by atoms with Crippen LogP contribution in [0, 0.1) is 5.82 Å². The predicted octanol–water partition coefficient (Wildman–Crippen LogP) is 3.28. The molecule has 0 saturated heterocycles. The molecule has 0 spiro atoms. The van der Waals surface area contributed by atoms with Crippen molar-refractivity contribution in [2.24, 2.45) is 10.9 Å². The highest BCUT2D eigenvalue weighted by atomic mass is 19.1. The second-order valence-electron chi connectivity index (χ2n) is 4.75. The second kappa shape index (κ2) is 5.71. The summed E-state index contributed by atoms with van der Waals surface area (Å²) in [4.78, 5) is 4.33. The van der Waals surface area contributed by atoms with Crippen LogP contribution >= 0.6 is 0 Å². The van der Waals surface area contributed by atoms with Crippen LogP contribution in [-0.4, -0.2) is 10.7 Å². The minimum Gasteiger partial charge on any atom is -0.323 e. The van der Waals surface area contributed by atoms with E-state index in [1.54, 1.807) is 18.3 Å². The molecule has 104 valence electrons. The Morgan fingerprint density at radius 3 is 2.76 bits per heavy atom. The maximum absolute atomic E-state index is 13.3. The Balaban J connectivity index is 2.01. The fourth-order valence-corrected chi connectivity index (χ4v) is 2.38. The largest absolute Gasteiger partial charge is 0.323 e. The van der Waals surface area contributed by atoms with E-state index in [2.05, 4.69) is 10.1 Å². The molecule has 0 aliphatic heterocycles. The summed E-state index contributed by atoms with van der Waals surface area (Å²) in [6.07, 6.45) is 2.29. The lowest BCUT2D eigenvalue weighted by molar-refractivity contribution is 0.627. The summed E-state index contributed by atoms with van der Waals surface area (Å²) in [7, 11) is 0. The number of fused-ring (bicyclic) bond motifs is 1. The summed E-state index contributed by atoms with van der Waals surface area (Å²) in [5.74, 6) is 5.20. The van der Waals surface area contributed by atoms with Gasteiger partial charge in [0.2, 0.25) is 0 Å². The van der Waals surface area contributed by atoms with Crippen molar-refractivity contribution in [3.8, 4) is 0 Å². The van der Waals surface area contributed by atoms with E-state index in [4.69, 9.17) is 5.84 Å². The lowest BCUT2D eigenvalue weighted by Crippen LogP contribution is -2.09. The minimum atomic E-state index is -0.298. The van der Waals surface area contributed by atoms with Crippen LogP contribution < -0.4 is 5.84 Å². The first kappa shape index (κ1) is 13.2. The van der Waals surface area contributed by atoms with E-state index in [1.807, 2.05) is 30.3 Å². The highest BCUT2D eigenvalue weighted by Gasteiger charge is 2.09. The lowest BCUT2D eigenvalue weighted by atomic mass is 9.99. The van der Waals surface area contributed by atoms with Crippen molar-refractivity contribution < 1.29 is 4.39 Å². The topological polar surface area (TPSA) is 51.3 Å². The molecular formula is C17H14FN3. The number of pyridine rings is 1. The van der Waals surface area contributed by atoms with Gasteiger partial charge in [-0.2, -0.15) is 5.10 Å². The Morgan fingerprint density at radius 2 is 1.95 bits per heavy atom. The Kier molecular flexibility index (Phi) is 3.60. The van der Waals surface area contributed by atoms with Crippen molar-refractivity contribution in [1.82, 2.24) is 4.98 Å². The number of hydrazone groups is 1. The van der Waals surface area contributed by atoms with E-state index in [-0.39, 0.29) is 5.82 Å². The average molecular weight is 279 g/mol. The van der Waals surface area contributed by atoms with E-state index in [1.165, 1.54) is 12.1 Å². The first-order valence-corrected chi connectivity index (χ1v) is 6.63. The van der Waals surface area contributed by atoms with Crippen LogP contribution in [-0.2, 0) is 6.42 Å². The van der Waals surface area contributed by atoms with Gasteiger partial charge in [0.05, 0.1) is 11.2 Å². The van der Waals surface area contributed by atoms with Crippen LogP contribution in [0.1, 0.15) is 11.1 Å². The summed E-state index contributed by atoms with van der Waals surface area (Å²) < 4.78 is 13.3. The summed E-state index contributed by atoms with van der Waals surface area (Å²) in [5.41, 5.74) is 3.32. The normalized spacial score (nSPS) is 11.8. The number of halogens is 1. The molecule has 0 aliphatic carbocycles. The van der Waals surface area contributed by atoms with Crippen LogP contribution in [0.5, 0.6) is 0 Å². The van der Waals surface area contributed by atoms with Gasteiger partial charge in [0, 0.05) is 23.6 Å². The van der Waals surface area contributed by atoms with Crippen molar-refractivity contribution in [2.45, 2.75) is 6.42 Å². The number of para-hydroxylation sites is 1. The van der Waals surface area contributed by atoms with E-state index >= 15 is 0 Å². The molecule has 3 nitrogen and oxygen atoms in total. The van der Waals surface area contributed by atoms with Gasteiger partial charge in [-0.1, -0.05) is 30.3 Å². The van der Waals surface area contributed by atoms with Crippen molar-refractivity contribution in [2.75, 3.05) is 0 Å². The van der Waals surface area contributed by atoms with Crippen molar-refractivity contribution in [1.29, 1.82) is 0 Å². The molecule has 3 rings (SSSR count). The average Bonchev–Trinajstić information content (AvgIpc) is 2.52. The number of aromatic nitrogens is 1. The molecular weight excluding hydrogens is 265 g/mol. The molecule has 1 aromatic heterocycles. The van der Waals surface area contributed by atoms with Gasteiger partial charge in [-0.05, 0) is 29.8 Å². The maximum Gasteiger partial charge on any atom is 0.123 e.